The molecule has 1 aromatic carbocycles. The van der Waals surface area contributed by atoms with Gasteiger partial charge in [0.15, 0.2) is 21.3 Å². The third kappa shape index (κ3) is 3.41. The zero-order valence-electron chi connectivity index (χ0n) is 10.5. The van der Waals surface area contributed by atoms with Crippen LogP contribution in [0.4, 0.5) is 0 Å². The highest BCUT2D eigenvalue weighted by atomic mass is 32.2. The van der Waals surface area contributed by atoms with E-state index in [9.17, 15) is 8.42 Å². The van der Waals surface area contributed by atoms with Crippen LogP contribution < -0.4 is 9.47 Å². The van der Waals surface area contributed by atoms with Crippen LogP contribution >= 0.6 is 0 Å². The van der Waals surface area contributed by atoms with Crippen LogP contribution in [0.2, 0.25) is 0 Å². The summed E-state index contributed by atoms with van der Waals surface area (Å²) in [5.41, 5.74) is 0. The molecule has 98 valence electrons. The molecule has 0 aromatic heterocycles. The number of hydrogen-bond acceptors (Lipinski definition) is 4. The first-order valence-corrected chi connectivity index (χ1v) is 7.26. The molecule has 0 atom stereocenters. The van der Waals surface area contributed by atoms with E-state index < -0.39 is 9.84 Å². The Hall–Kier alpha value is -1.67. The van der Waals surface area contributed by atoms with Crippen LogP contribution in [-0.4, -0.2) is 27.4 Å². The Morgan fingerprint density at radius 1 is 1.17 bits per heavy atom. The predicted octanol–water partition coefficient (Wildman–Crippen LogP) is 1.89. The Bertz CT molecular complexity index is 541. The molecule has 0 unspecified atom stereocenters. The van der Waals surface area contributed by atoms with Crippen molar-refractivity contribution in [1.29, 1.82) is 0 Å². The monoisotopic (exact) mass is 268 g/mol. The SMILES string of the molecule is C#CCS(=O)(=O)c1ccc(OCC)c(OCC)c1. The van der Waals surface area contributed by atoms with Crippen LogP contribution in [0.3, 0.4) is 0 Å². The van der Waals surface area contributed by atoms with E-state index in [1.165, 1.54) is 12.1 Å². The smallest absolute Gasteiger partial charge is 0.189 e. The first-order chi connectivity index (χ1) is 8.55. The standard InChI is InChI=1S/C13H16O4S/c1-4-9-18(14,15)11-7-8-12(16-5-2)13(10-11)17-6-3/h1,7-8,10H,5-6,9H2,2-3H3. The lowest BCUT2D eigenvalue weighted by Crippen LogP contribution is -2.06. The molecule has 0 bridgehead atoms. The fraction of sp³-hybridized carbons (Fsp3) is 0.385. The fourth-order valence-corrected chi connectivity index (χ4v) is 2.37. The van der Waals surface area contributed by atoms with E-state index in [0.29, 0.717) is 24.7 Å². The molecule has 5 heteroatoms. The third-order valence-electron chi connectivity index (χ3n) is 2.15. The van der Waals surface area contributed by atoms with Gasteiger partial charge in [-0.1, -0.05) is 5.92 Å². The highest BCUT2D eigenvalue weighted by molar-refractivity contribution is 7.91. The summed E-state index contributed by atoms with van der Waals surface area (Å²) in [6.07, 6.45) is 5.04. The van der Waals surface area contributed by atoms with Crippen LogP contribution in [0.15, 0.2) is 23.1 Å². The summed E-state index contributed by atoms with van der Waals surface area (Å²) < 4.78 is 34.4. The van der Waals surface area contributed by atoms with Gasteiger partial charge in [0.2, 0.25) is 0 Å². The summed E-state index contributed by atoms with van der Waals surface area (Å²) in [6, 6.07) is 4.50. The lowest BCUT2D eigenvalue weighted by molar-refractivity contribution is 0.287. The maximum absolute atomic E-state index is 11.8. The fourth-order valence-electron chi connectivity index (χ4n) is 1.42. The molecule has 0 N–H and O–H groups in total. The molecule has 0 saturated carbocycles. The molecular formula is C13H16O4S. The van der Waals surface area contributed by atoms with Crippen LogP contribution in [0.1, 0.15) is 13.8 Å². The van der Waals surface area contributed by atoms with E-state index in [0.717, 1.165) is 0 Å². The summed E-state index contributed by atoms with van der Waals surface area (Å²) >= 11 is 0. The molecule has 4 nitrogen and oxygen atoms in total. The van der Waals surface area contributed by atoms with Crippen molar-refractivity contribution in [3.05, 3.63) is 18.2 Å². The number of terminal acetylenes is 1. The molecule has 0 radical (unpaired) electrons. The number of ether oxygens (including phenoxy) is 2. The minimum absolute atomic E-state index is 0.146. The second kappa shape index (κ2) is 6.31. The average Bonchev–Trinajstić information content (AvgIpc) is 2.31. The predicted molar refractivity (Wildman–Crippen MR) is 69.7 cm³/mol. The van der Waals surface area contributed by atoms with Gasteiger partial charge in [-0.3, -0.25) is 0 Å². The van der Waals surface area contributed by atoms with Gasteiger partial charge in [-0.2, -0.15) is 0 Å². The first kappa shape index (κ1) is 14.4. The number of hydrogen-bond donors (Lipinski definition) is 0. The van der Waals surface area contributed by atoms with Crippen molar-refractivity contribution in [2.45, 2.75) is 18.7 Å². The van der Waals surface area contributed by atoms with Gasteiger partial charge in [0.1, 0.15) is 5.75 Å². The zero-order chi connectivity index (χ0) is 13.6. The van der Waals surface area contributed by atoms with E-state index in [1.807, 2.05) is 13.8 Å². The number of sulfone groups is 1. The summed E-state index contributed by atoms with van der Waals surface area (Å²) in [4.78, 5) is 0.146. The Balaban J connectivity index is 3.19. The molecular weight excluding hydrogens is 252 g/mol. The second-order valence-corrected chi connectivity index (χ2v) is 5.43. The largest absolute Gasteiger partial charge is 0.490 e. The van der Waals surface area contributed by atoms with Crippen molar-refractivity contribution in [1.82, 2.24) is 0 Å². The van der Waals surface area contributed by atoms with E-state index >= 15 is 0 Å². The van der Waals surface area contributed by atoms with Gasteiger partial charge in [0, 0.05) is 6.07 Å². The third-order valence-corrected chi connectivity index (χ3v) is 3.67. The average molecular weight is 268 g/mol. The van der Waals surface area contributed by atoms with Crippen molar-refractivity contribution < 1.29 is 17.9 Å². The Labute approximate surface area is 108 Å². The van der Waals surface area contributed by atoms with Gasteiger partial charge in [-0.05, 0) is 26.0 Å². The van der Waals surface area contributed by atoms with Gasteiger partial charge < -0.3 is 9.47 Å². The van der Waals surface area contributed by atoms with Gasteiger partial charge in [0.05, 0.1) is 18.1 Å². The van der Waals surface area contributed by atoms with E-state index in [1.54, 1.807) is 6.07 Å². The van der Waals surface area contributed by atoms with E-state index in [2.05, 4.69) is 5.92 Å². The van der Waals surface area contributed by atoms with Crippen molar-refractivity contribution >= 4 is 9.84 Å². The second-order valence-electron chi connectivity index (χ2n) is 3.44. The van der Waals surface area contributed by atoms with Gasteiger partial charge >= 0.3 is 0 Å². The summed E-state index contributed by atoms with van der Waals surface area (Å²) in [7, 11) is -3.45. The van der Waals surface area contributed by atoms with Gasteiger partial charge in [0.25, 0.3) is 0 Å². The van der Waals surface area contributed by atoms with E-state index in [4.69, 9.17) is 15.9 Å². The molecule has 0 saturated heterocycles. The maximum atomic E-state index is 11.8. The molecule has 0 aliphatic rings. The van der Waals surface area contributed by atoms with Crippen LogP contribution in [-0.2, 0) is 9.84 Å². The molecule has 0 heterocycles. The molecule has 1 aromatic rings. The first-order valence-electron chi connectivity index (χ1n) is 5.61. The molecule has 0 fully saturated rings. The Morgan fingerprint density at radius 2 is 1.78 bits per heavy atom. The molecule has 0 aliphatic heterocycles. The molecule has 18 heavy (non-hydrogen) atoms. The minimum atomic E-state index is -3.45. The zero-order valence-corrected chi connectivity index (χ0v) is 11.3. The van der Waals surface area contributed by atoms with E-state index in [-0.39, 0.29) is 10.6 Å². The summed E-state index contributed by atoms with van der Waals surface area (Å²) in [5, 5.41) is 0. The molecule has 0 spiro atoms. The molecule has 1 rings (SSSR count). The number of benzene rings is 1. The lowest BCUT2D eigenvalue weighted by Gasteiger charge is -2.12. The van der Waals surface area contributed by atoms with Crippen molar-refractivity contribution in [3.63, 3.8) is 0 Å². The highest BCUT2D eigenvalue weighted by Crippen LogP contribution is 2.30. The van der Waals surface area contributed by atoms with Crippen molar-refractivity contribution in [3.8, 4) is 23.8 Å². The minimum Gasteiger partial charge on any atom is -0.490 e. The van der Waals surface area contributed by atoms with Crippen molar-refractivity contribution in [2.24, 2.45) is 0 Å². The van der Waals surface area contributed by atoms with Crippen LogP contribution in [0, 0.1) is 12.3 Å². The topological polar surface area (TPSA) is 52.6 Å². The normalized spacial score (nSPS) is 10.7. The summed E-state index contributed by atoms with van der Waals surface area (Å²) in [5.74, 6) is 2.75. The van der Waals surface area contributed by atoms with Crippen LogP contribution in [0.25, 0.3) is 0 Å². The number of rotatable bonds is 6. The highest BCUT2D eigenvalue weighted by Gasteiger charge is 2.16. The summed E-state index contributed by atoms with van der Waals surface area (Å²) in [6.45, 7) is 4.58. The lowest BCUT2D eigenvalue weighted by atomic mass is 10.3. The molecule has 0 aliphatic carbocycles. The van der Waals surface area contributed by atoms with Gasteiger partial charge in [-0.15, -0.1) is 6.42 Å². The van der Waals surface area contributed by atoms with Crippen molar-refractivity contribution in [2.75, 3.05) is 19.0 Å². The maximum Gasteiger partial charge on any atom is 0.189 e. The Kier molecular flexibility index (Phi) is 5.05. The van der Waals surface area contributed by atoms with Crippen LogP contribution in [0.5, 0.6) is 11.5 Å². The quantitative estimate of drug-likeness (QED) is 0.739. The molecule has 0 amide bonds. The Morgan fingerprint density at radius 3 is 2.33 bits per heavy atom. The van der Waals surface area contributed by atoms with Gasteiger partial charge in [-0.25, -0.2) is 8.42 Å².